The number of phenols is 1. The SMILES string of the molecule is C.C.COc1cc(C=C(C#N)C(C)=O)ccc1O.C[C@@H]1CO[C@H]2[C@@H]1OC[C@@H]2C.O=C(O)c1ccc(OCCCCCCCCCCCCOc2ccc(C(=O)O)cc2)cc1.[BH]. The van der Waals surface area contributed by atoms with Gasteiger partial charge in [0.2, 0.25) is 0 Å². The molecule has 0 saturated carbocycles. The zero-order valence-corrected chi connectivity index (χ0v) is 34.9. The molecule has 2 aliphatic heterocycles. The van der Waals surface area contributed by atoms with E-state index in [9.17, 15) is 19.5 Å². The Kier molecular flexibility index (Phi) is 28.0. The second-order valence-electron chi connectivity index (χ2n) is 14.6. The number of methoxy groups -OCH3 is 1. The number of allylic oxidation sites excluding steroid dienone is 1. The van der Waals surface area contributed by atoms with Gasteiger partial charge in [-0.25, -0.2) is 9.59 Å². The standard InChI is InChI=1S/C26H34O6.C12H11NO3.C8H14O2.2CH4.BH/c27-25(28)21-11-15-23(16-12-21)31-19-9-7-5-3-1-2-4-6-8-10-20-32-24-17-13-22(14-18-24)26(29)30;1-8(14)10(7-13)5-9-3-4-11(15)12(6-9)16-2;1-5-3-9-8-6(2)4-10-7(5)8;;;/h11-18H,1-10,19-20H2,(H,27,28)(H,29,30);3-6,15H,1-2H3;5-8H,3-4H2,1-2H3;2*1H4;1H/t;;5-,6+,7-,8-;;;/m..1.../s1. The number of aromatic carboxylic acids is 2. The summed E-state index contributed by atoms with van der Waals surface area (Å²) in [6, 6.07) is 19.5. The van der Waals surface area contributed by atoms with Gasteiger partial charge in [-0.15, -0.1) is 0 Å². The monoisotopic (exact) mass is 845 g/mol. The molecule has 12 nitrogen and oxygen atoms in total. The van der Waals surface area contributed by atoms with Gasteiger partial charge in [0, 0.05) is 20.2 Å². The molecule has 2 aliphatic rings. The third kappa shape index (κ3) is 20.2. The second kappa shape index (κ2) is 30.7. The third-order valence-electron chi connectivity index (χ3n) is 9.84. The number of unbranched alkanes of at least 4 members (excludes halogenated alkanes) is 9. The van der Waals surface area contributed by atoms with Gasteiger partial charge in [0.1, 0.15) is 17.6 Å². The van der Waals surface area contributed by atoms with E-state index in [1.54, 1.807) is 60.7 Å². The van der Waals surface area contributed by atoms with E-state index in [1.165, 1.54) is 64.7 Å². The van der Waals surface area contributed by atoms with Crippen molar-refractivity contribution in [2.75, 3.05) is 33.5 Å². The van der Waals surface area contributed by atoms with E-state index in [1.807, 2.05) is 6.07 Å². The van der Waals surface area contributed by atoms with Crippen LogP contribution in [0.15, 0.2) is 72.3 Å². The number of rotatable bonds is 20. The molecule has 13 heteroatoms. The highest BCUT2D eigenvalue weighted by Crippen LogP contribution is 2.33. The fraction of sp³-hybridized carbons (Fsp3) is 0.500. The molecule has 3 N–H and O–H groups in total. The Balaban J connectivity index is 0.00000103. The summed E-state index contributed by atoms with van der Waals surface area (Å²) in [4.78, 5) is 32.7. The van der Waals surface area contributed by atoms with E-state index in [4.69, 9.17) is 39.2 Å². The van der Waals surface area contributed by atoms with E-state index in [0.29, 0.717) is 48.6 Å². The van der Waals surface area contributed by atoms with Crippen molar-refractivity contribution in [3.05, 3.63) is 89.0 Å². The van der Waals surface area contributed by atoms with Crippen molar-refractivity contribution in [1.29, 1.82) is 5.26 Å². The molecule has 0 unspecified atom stereocenters. The van der Waals surface area contributed by atoms with Gasteiger partial charge in [0.05, 0.1) is 62.4 Å². The lowest BCUT2D eigenvalue weighted by molar-refractivity contribution is -0.113. The first-order valence-electron chi connectivity index (χ1n) is 20.1. The minimum Gasteiger partial charge on any atom is -0.504 e. The van der Waals surface area contributed by atoms with Crippen molar-refractivity contribution in [3.8, 4) is 29.1 Å². The smallest absolute Gasteiger partial charge is 0.335 e. The fourth-order valence-electron chi connectivity index (χ4n) is 6.43. The molecule has 0 amide bonds. The normalized spacial score (nSPS) is 17.1. The number of hydrogen-bond donors (Lipinski definition) is 3. The molecule has 334 valence electrons. The fourth-order valence-corrected chi connectivity index (χ4v) is 6.43. The van der Waals surface area contributed by atoms with Crippen LogP contribution in [0.4, 0.5) is 0 Å². The van der Waals surface area contributed by atoms with Crippen molar-refractivity contribution < 1.29 is 53.4 Å². The number of Topliss-reactive ketones (excluding diaryl/α,β-unsaturated/α-hetero) is 1. The van der Waals surface area contributed by atoms with Crippen LogP contribution in [0.2, 0.25) is 0 Å². The summed E-state index contributed by atoms with van der Waals surface area (Å²) in [5.74, 6) is 0.822. The number of hydrogen-bond acceptors (Lipinski definition) is 10. The van der Waals surface area contributed by atoms with E-state index in [0.717, 1.165) is 50.4 Å². The number of ketones is 1. The van der Waals surface area contributed by atoms with Crippen LogP contribution in [-0.4, -0.2) is 87.2 Å². The summed E-state index contributed by atoms with van der Waals surface area (Å²) in [6.07, 6.45) is 14.1. The zero-order valence-electron chi connectivity index (χ0n) is 34.9. The Labute approximate surface area is 365 Å². The molecule has 3 aromatic carbocycles. The van der Waals surface area contributed by atoms with Gasteiger partial charge in [0.15, 0.2) is 17.3 Å². The van der Waals surface area contributed by atoms with E-state index < -0.39 is 11.9 Å². The molecular weight excluding hydrogens is 777 g/mol. The maximum atomic E-state index is 11.0. The minimum atomic E-state index is -0.924. The molecule has 5 rings (SSSR count). The largest absolute Gasteiger partial charge is 0.504 e. The lowest BCUT2D eigenvalue weighted by Gasteiger charge is -2.10. The average Bonchev–Trinajstić information content (AvgIpc) is 3.79. The first kappa shape index (κ1) is 55.7. The summed E-state index contributed by atoms with van der Waals surface area (Å²) in [7, 11) is 1.43. The van der Waals surface area contributed by atoms with Crippen LogP contribution >= 0.6 is 0 Å². The number of carboxylic acid groups (broad SMARTS) is 2. The third-order valence-corrected chi connectivity index (χ3v) is 9.84. The summed E-state index contributed by atoms with van der Waals surface area (Å²) >= 11 is 0. The molecule has 0 bridgehead atoms. The molecule has 2 fully saturated rings. The van der Waals surface area contributed by atoms with Crippen molar-refractivity contribution in [1.82, 2.24) is 0 Å². The molecule has 0 spiro atoms. The van der Waals surface area contributed by atoms with E-state index in [2.05, 4.69) is 13.8 Å². The summed E-state index contributed by atoms with van der Waals surface area (Å²) < 4.78 is 27.4. The van der Waals surface area contributed by atoms with Gasteiger partial charge in [-0.2, -0.15) is 5.26 Å². The van der Waals surface area contributed by atoms with Gasteiger partial charge in [-0.1, -0.05) is 86.1 Å². The summed E-state index contributed by atoms with van der Waals surface area (Å²) in [5.41, 5.74) is 1.24. The second-order valence-corrected chi connectivity index (χ2v) is 14.6. The highest BCUT2D eigenvalue weighted by molar-refractivity contribution is 6.01. The molecule has 4 atom stereocenters. The van der Waals surface area contributed by atoms with Crippen molar-refractivity contribution in [2.24, 2.45) is 11.8 Å². The molecule has 61 heavy (non-hydrogen) atoms. The minimum absolute atomic E-state index is 0. The van der Waals surface area contributed by atoms with Gasteiger partial charge < -0.3 is 39.0 Å². The van der Waals surface area contributed by atoms with Crippen LogP contribution in [-0.2, 0) is 14.3 Å². The average molecular weight is 846 g/mol. The van der Waals surface area contributed by atoms with Gasteiger partial charge in [-0.05, 0) is 92.1 Å². The molecule has 0 aliphatic carbocycles. The predicted octanol–water partition coefficient (Wildman–Crippen LogP) is 10.0. The number of phenolic OH excluding ortho intramolecular Hbond substituents is 1. The number of carboxylic acids is 2. The maximum absolute atomic E-state index is 11.0. The van der Waals surface area contributed by atoms with E-state index >= 15 is 0 Å². The van der Waals surface area contributed by atoms with Crippen molar-refractivity contribution in [3.63, 3.8) is 0 Å². The van der Waals surface area contributed by atoms with Crippen molar-refractivity contribution in [2.45, 2.75) is 112 Å². The zero-order chi connectivity index (χ0) is 42.3. The Morgan fingerprint density at radius 3 is 1.44 bits per heavy atom. The Bertz CT molecular complexity index is 1710. The lowest BCUT2D eigenvalue weighted by atomic mass is 9.99. The first-order chi connectivity index (χ1) is 27.9. The number of fused-ring (bicyclic) bond motifs is 1. The maximum Gasteiger partial charge on any atom is 0.335 e. The number of ether oxygens (including phenoxy) is 5. The van der Waals surface area contributed by atoms with Crippen LogP contribution in [0.25, 0.3) is 6.08 Å². The Morgan fingerprint density at radius 2 is 1.10 bits per heavy atom. The molecule has 3 aromatic rings. The lowest BCUT2D eigenvalue weighted by Crippen LogP contribution is -2.23. The first-order valence-corrected chi connectivity index (χ1v) is 20.1. The molecule has 0 aromatic heterocycles. The number of benzene rings is 3. The van der Waals surface area contributed by atoms with Crippen LogP contribution in [0, 0.1) is 23.2 Å². The number of aromatic hydroxyl groups is 1. The topological polar surface area (TPSA) is 182 Å². The van der Waals surface area contributed by atoms with Crippen LogP contribution in [0.5, 0.6) is 23.0 Å². The van der Waals surface area contributed by atoms with Crippen LogP contribution in [0.3, 0.4) is 0 Å². The number of nitriles is 1. The number of carbonyl (C=O) groups is 3. The van der Waals surface area contributed by atoms with Crippen LogP contribution in [0.1, 0.15) is 126 Å². The highest BCUT2D eigenvalue weighted by atomic mass is 16.6. The molecular formula is C48H68BNO11. The Morgan fingerprint density at radius 1 is 0.705 bits per heavy atom. The molecule has 2 saturated heterocycles. The number of carbonyl (C=O) groups excluding carboxylic acids is 1. The highest BCUT2D eigenvalue weighted by Gasteiger charge is 2.43. The van der Waals surface area contributed by atoms with E-state index in [-0.39, 0.29) is 51.5 Å². The van der Waals surface area contributed by atoms with Gasteiger partial charge >= 0.3 is 11.9 Å². The van der Waals surface area contributed by atoms with Crippen LogP contribution < -0.4 is 14.2 Å². The Hall–Kier alpha value is -5.32. The van der Waals surface area contributed by atoms with Gasteiger partial charge in [0.25, 0.3) is 0 Å². The quantitative estimate of drug-likeness (QED) is 0.0424. The molecule has 2 radical (unpaired) electrons. The molecule has 2 heterocycles. The predicted molar refractivity (Wildman–Crippen MR) is 241 cm³/mol. The van der Waals surface area contributed by atoms with Gasteiger partial charge in [-0.3, -0.25) is 4.79 Å². The summed E-state index contributed by atoms with van der Waals surface area (Å²) in [6.45, 7) is 8.83. The summed E-state index contributed by atoms with van der Waals surface area (Å²) in [5, 5.41) is 35.8. The van der Waals surface area contributed by atoms with Crippen molar-refractivity contribution >= 4 is 32.2 Å². The number of nitrogens with zero attached hydrogens (tertiary/aromatic N) is 1.